The Balaban J connectivity index is 0.00000169. The average molecular weight is 351 g/mol. The molecule has 2 bridgehead atoms. The maximum atomic E-state index is 13.4. The molecule has 3 heterocycles. The molecule has 3 aliphatic rings. The molecule has 0 aromatic heterocycles. The smallest absolute Gasteiger partial charge is 0.229 e. The largest absolute Gasteiger partial charge is 0.373 e. The molecular formula is C19H27ClN2O2. The maximum absolute atomic E-state index is 13.4. The van der Waals surface area contributed by atoms with Crippen LogP contribution < -0.4 is 5.32 Å². The summed E-state index contributed by atoms with van der Waals surface area (Å²) in [5, 5.41) is 3.48. The van der Waals surface area contributed by atoms with Crippen molar-refractivity contribution in [3.63, 3.8) is 0 Å². The van der Waals surface area contributed by atoms with E-state index in [0.717, 1.165) is 50.9 Å². The number of halogens is 1. The molecule has 3 fully saturated rings. The highest BCUT2D eigenvalue weighted by molar-refractivity contribution is 5.85. The molecule has 1 aromatic carbocycles. The van der Waals surface area contributed by atoms with Crippen LogP contribution in [0.4, 0.5) is 0 Å². The Kier molecular flexibility index (Phi) is 5.80. The highest BCUT2D eigenvalue weighted by Crippen LogP contribution is 2.38. The van der Waals surface area contributed by atoms with Crippen molar-refractivity contribution in [2.24, 2.45) is 5.92 Å². The highest BCUT2D eigenvalue weighted by atomic mass is 35.5. The Hall–Kier alpha value is -1.10. The van der Waals surface area contributed by atoms with Gasteiger partial charge in [0.25, 0.3) is 0 Å². The molecule has 0 aliphatic carbocycles. The zero-order valence-corrected chi connectivity index (χ0v) is 14.8. The number of benzene rings is 1. The number of nitrogens with one attached hydrogen (secondary N) is 1. The topological polar surface area (TPSA) is 41.6 Å². The normalized spacial score (nSPS) is 32.8. The minimum Gasteiger partial charge on any atom is -0.373 e. The first kappa shape index (κ1) is 17.7. The molecule has 5 heteroatoms. The second kappa shape index (κ2) is 7.85. The van der Waals surface area contributed by atoms with E-state index in [1.807, 2.05) is 18.2 Å². The number of carbonyl (C=O) groups excluding carboxylic acids is 1. The van der Waals surface area contributed by atoms with Crippen molar-refractivity contribution in [1.29, 1.82) is 0 Å². The fraction of sp³-hybridized carbons (Fsp3) is 0.632. The summed E-state index contributed by atoms with van der Waals surface area (Å²) < 4.78 is 6.05. The average Bonchev–Trinajstić information content (AvgIpc) is 2.88. The van der Waals surface area contributed by atoms with Gasteiger partial charge in [-0.25, -0.2) is 0 Å². The number of ether oxygens (including phenoxy) is 1. The Labute approximate surface area is 150 Å². The van der Waals surface area contributed by atoms with Crippen LogP contribution >= 0.6 is 12.4 Å². The molecule has 3 saturated heterocycles. The van der Waals surface area contributed by atoms with Crippen molar-refractivity contribution < 1.29 is 9.53 Å². The lowest BCUT2D eigenvalue weighted by Crippen LogP contribution is -2.47. The van der Waals surface area contributed by atoms with Crippen molar-refractivity contribution in [3.8, 4) is 0 Å². The summed E-state index contributed by atoms with van der Waals surface area (Å²) in [6.07, 6.45) is 5.26. The lowest BCUT2D eigenvalue weighted by Gasteiger charge is -2.37. The van der Waals surface area contributed by atoms with E-state index < -0.39 is 0 Å². The first-order chi connectivity index (χ1) is 11.3. The number of rotatable bonds is 2. The molecule has 1 N–H and O–H groups in total. The van der Waals surface area contributed by atoms with Crippen molar-refractivity contribution in [2.75, 3.05) is 19.7 Å². The first-order valence-electron chi connectivity index (χ1n) is 9.04. The monoisotopic (exact) mass is 350 g/mol. The summed E-state index contributed by atoms with van der Waals surface area (Å²) >= 11 is 0. The molecule has 4 unspecified atom stereocenters. The van der Waals surface area contributed by atoms with Gasteiger partial charge in [-0.05, 0) is 44.2 Å². The SMILES string of the molecule is Cl.O=C(C1CCCOC1c1ccccc1)N1C2CCNCC1CC2. The summed E-state index contributed by atoms with van der Waals surface area (Å²) in [4.78, 5) is 15.6. The second-order valence-electron chi connectivity index (χ2n) is 7.07. The second-order valence-corrected chi connectivity index (χ2v) is 7.07. The van der Waals surface area contributed by atoms with Crippen LogP contribution in [0.1, 0.15) is 43.8 Å². The number of hydrogen-bond acceptors (Lipinski definition) is 3. The van der Waals surface area contributed by atoms with Gasteiger partial charge in [0.2, 0.25) is 5.91 Å². The fourth-order valence-electron chi connectivity index (χ4n) is 4.54. The van der Waals surface area contributed by atoms with Gasteiger partial charge in [0, 0.05) is 25.2 Å². The Morgan fingerprint density at radius 2 is 1.88 bits per heavy atom. The van der Waals surface area contributed by atoms with Gasteiger partial charge in [-0.2, -0.15) is 0 Å². The number of fused-ring (bicyclic) bond motifs is 2. The predicted molar refractivity (Wildman–Crippen MR) is 96.2 cm³/mol. The molecule has 3 aliphatic heterocycles. The summed E-state index contributed by atoms with van der Waals surface area (Å²) in [6, 6.07) is 11.1. The molecule has 0 spiro atoms. The van der Waals surface area contributed by atoms with Gasteiger partial charge in [-0.15, -0.1) is 12.4 Å². The van der Waals surface area contributed by atoms with Gasteiger partial charge >= 0.3 is 0 Å². The molecule has 4 rings (SSSR count). The van der Waals surface area contributed by atoms with E-state index in [-0.39, 0.29) is 24.4 Å². The quantitative estimate of drug-likeness (QED) is 0.891. The number of hydrogen-bond donors (Lipinski definition) is 1. The third kappa shape index (κ3) is 3.32. The van der Waals surface area contributed by atoms with Gasteiger partial charge in [-0.3, -0.25) is 4.79 Å². The third-order valence-corrected chi connectivity index (χ3v) is 5.68. The molecule has 4 atom stereocenters. The number of carbonyl (C=O) groups is 1. The first-order valence-corrected chi connectivity index (χ1v) is 9.04. The van der Waals surface area contributed by atoms with E-state index in [9.17, 15) is 4.79 Å². The van der Waals surface area contributed by atoms with Crippen LogP contribution in [-0.2, 0) is 9.53 Å². The van der Waals surface area contributed by atoms with Crippen molar-refractivity contribution >= 4 is 18.3 Å². The molecule has 132 valence electrons. The van der Waals surface area contributed by atoms with Crippen molar-refractivity contribution in [1.82, 2.24) is 10.2 Å². The van der Waals surface area contributed by atoms with E-state index in [4.69, 9.17) is 4.74 Å². The highest BCUT2D eigenvalue weighted by Gasteiger charge is 2.43. The van der Waals surface area contributed by atoms with Crippen LogP contribution in [0.3, 0.4) is 0 Å². The fourth-order valence-corrected chi connectivity index (χ4v) is 4.54. The zero-order chi connectivity index (χ0) is 15.6. The maximum Gasteiger partial charge on any atom is 0.229 e. The van der Waals surface area contributed by atoms with E-state index >= 15 is 0 Å². The minimum atomic E-state index is -0.0759. The van der Waals surface area contributed by atoms with E-state index in [1.165, 1.54) is 6.42 Å². The summed E-state index contributed by atoms with van der Waals surface area (Å²) in [5.74, 6) is 0.308. The van der Waals surface area contributed by atoms with Gasteiger partial charge in [0.15, 0.2) is 0 Å². The van der Waals surface area contributed by atoms with Gasteiger partial charge < -0.3 is 15.0 Å². The molecule has 0 radical (unpaired) electrons. The van der Waals surface area contributed by atoms with Gasteiger partial charge in [-0.1, -0.05) is 30.3 Å². The Bertz CT molecular complexity index is 540. The van der Waals surface area contributed by atoms with Crippen LogP contribution in [0, 0.1) is 5.92 Å². The molecule has 1 amide bonds. The summed E-state index contributed by atoms with van der Waals surface area (Å²) in [5.41, 5.74) is 1.14. The predicted octanol–water partition coefficient (Wildman–Crippen LogP) is 2.93. The summed E-state index contributed by atoms with van der Waals surface area (Å²) in [7, 11) is 0. The van der Waals surface area contributed by atoms with E-state index in [0.29, 0.717) is 18.0 Å². The number of amides is 1. The van der Waals surface area contributed by atoms with Crippen LogP contribution in [0.2, 0.25) is 0 Å². The van der Waals surface area contributed by atoms with Crippen molar-refractivity contribution in [2.45, 2.75) is 50.3 Å². The summed E-state index contributed by atoms with van der Waals surface area (Å²) in [6.45, 7) is 2.75. The zero-order valence-electron chi connectivity index (χ0n) is 14.0. The molecule has 1 aromatic rings. The van der Waals surface area contributed by atoms with Crippen LogP contribution in [0.15, 0.2) is 30.3 Å². The van der Waals surface area contributed by atoms with Gasteiger partial charge in [0.05, 0.1) is 12.0 Å². The van der Waals surface area contributed by atoms with Crippen LogP contribution in [0.5, 0.6) is 0 Å². The lowest BCUT2D eigenvalue weighted by atomic mass is 9.88. The molecule has 4 nitrogen and oxygen atoms in total. The van der Waals surface area contributed by atoms with Crippen LogP contribution in [-0.4, -0.2) is 42.6 Å². The van der Waals surface area contributed by atoms with Crippen molar-refractivity contribution in [3.05, 3.63) is 35.9 Å². The Morgan fingerprint density at radius 3 is 2.71 bits per heavy atom. The van der Waals surface area contributed by atoms with Crippen LogP contribution in [0.25, 0.3) is 0 Å². The van der Waals surface area contributed by atoms with E-state index in [2.05, 4.69) is 22.3 Å². The standard InChI is InChI=1S/C19H26N2O2.ClH/c22-19(21-15-8-9-16(21)13-20-11-10-15)17-7-4-12-23-18(17)14-5-2-1-3-6-14;/h1-3,5-6,15-18,20H,4,7-13H2;1H. The molecule has 0 saturated carbocycles. The number of nitrogens with zero attached hydrogens (tertiary/aromatic N) is 1. The van der Waals surface area contributed by atoms with Gasteiger partial charge in [0.1, 0.15) is 0 Å². The minimum absolute atomic E-state index is 0. The lowest BCUT2D eigenvalue weighted by molar-refractivity contribution is -0.148. The molecular weight excluding hydrogens is 324 g/mol. The van der Waals surface area contributed by atoms with E-state index in [1.54, 1.807) is 0 Å². The molecule has 24 heavy (non-hydrogen) atoms. The third-order valence-electron chi connectivity index (χ3n) is 5.68. The Morgan fingerprint density at radius 1 is 1.08 bits per heavy atom.